The SMILES string of the molecule is C=C(NOCc1ccc(C2CCCCC2)c(C(F)(F)F)c1)c1ccc(CNCCC(=O)O)cc1. The topological polar surface area (TPSA) is 70.6 Å². The zero-order chi connectivity index (χ0) is 24.6. The highest BCUT2D eigenvalue weighted by Gasteiger charge is 2.35. The number of hydrogen-bond donors (Lipinski definition) is 3. The molecule has 0 saturated heterocycles. The molecule has 0 bridgehead atoms. The second kappa shape index (κ2) is 12.0. The van der Waals surface area contributed by atoms with Crippen molar-refractivity contribution in [2.75, 3.05) is 6.54 Å². The van der Waals surface area contributed by atoms with Gasteiger partial charge in [-0.25, -0.2) is 0 Å². The van der Waals surface area contributed by atoms with E-state index in [-0.39, 0.29) is 18.9 Å². The number of rotatable bonds is 11. The molecule has 34 heavy (non-hydrogen) atoms. The zero-order valence-electron chi connectivity index (χ0n) is 19.1. The van der Waals surface area contributed by atoms with E-state index in [2.05, 4.69) is 17.4 Å². The lowest BCUT2D eigenvalue weighted by Crippen LogP contribution is -2.17. The fourth-order valence-electron chi connectivity index (χ4n) is 4.23. The Balaban J connectivity index is 1.53. The van der Waals surface area contributed by atoms with Crippen LogP contribution in [0.1, 0.15) is 72.3 Å². The predicted molar refractivity (Wildman–Crippen MR) is 125 cm³/mol. The van der Waals surface area contributed by atoms with Crippen LogP contribution in [0, 0.1) is 0 Å². The van der Waals surface area contributed by atoms with Gasteiger partial charge in [-0.15, -0.1) is 0 Å². The number of hydroxylamine groups is 1. The Bertz CT molecular complexity index is 968. The van der Waals surface area contributed by atoms with Crippen LogP contribution in [0.4, 0.5) is 13.2 Å². The van der Waals surface area contributed by atoms with E-state index < -0.39 is 17.7 Å². The van der Waals surface area contributed by atoms with E-state index in [0.717, 1.165) is 43.2 Å². The van der Waals surface area contributed by atoms with Crippen LogP contribution >= 0.6 is 0 Å². The summed E-state index contributed by atoms with van der Waals surface area (Å²) in [4.78, 5) is 16.0. The molecular formula is C26H31F3N2O3. The predicted octanol–water partition coefficient (Wildman–Crippen LogP) is 6.01. The Hall–Kier alpha value is -2.84. The van der Waals surface area contributed by atoms with Gasteiger partial charge in [-0.3, -0.25) is 15.1 Å². The summed E-state index contributed by atoms with van der Waals surface area (Å²) in [5.74, 6) is -0.881. The van der Waals surface area contributed by atoms with E-state index in [4.69, 9.17) is 9.94 Å². The van der Waals surface area contributed by atoms with Crippen molar-refractivity contribution in [3.8, 4) is 0 Å². The van der Waals surface area contributed by atoms with Gasteiger partial charge in [0.1, 0.15) is 0 Å². The minimum absolute atomic E-state index is 0.0291. The van der Waals surface area contributed by atoms with Crippen LogP contribution in [0.2, 0.25) is 0 Å². The van der Waals surface area contributed by atoms with E-state index >= 15 is 0 Å². The van der Waals surface area contributed by atoms with Gasteiger partial charge < -0.3 is 10.4 Å². The molecule has 1 fully saturated rings. The highest BCUT2D eigenvalue weighted by Crippen LogP contribution is 2.41. The first kappa shape index (κ1) is 25.8. The smallest absolute Gasteiger partial charge is 0.416 e. The summed E-state index contributed by atoms with van der Waals surface area (Å²) in [5.41, 5.74) is 5.23. The summed E-state index contributed by atoms with van der Waals surface area (Å²) in [6.45, 7) is 4.82. The van der Waals surface area contributed by atoms with Crippen LogP contribution in [0.3, 0.4) is 0 Å². The van der Waals surface area contributed by atoms with Gasteiger partial charge in [0.25, 0.3) is 0 Å². The van der Waals surface area contributed by atoms with Crippen molar-refractivity contribution >= 4 is 11.7 Å². The number of halogens is 3. The Morgan fingerprint density at radius 2 is 1.74 bits per heavy atom. The van der Waals surface area contributed by atoms with Crippen molar-refractivity contribution in [3.63, 3.8) is 0 Å². The molecule has 8 heteroatoms. The average Bonchev–Trinajstić information content (AvgIpc) is 2.82. The third-order valence-corrected chi connectivity index (χ3v) is 6.05. The molecule has 2 aromatic rings. The number of hydrogen-bond acceptors (Lipinski definition) is 4. The number of carboxylic acid groups (broad SMARTS) is 1. The third-order valence-electron chi connectivity index (χ3n) is 6.05. The lowest BCUT2D eigenvalue weighted by atomic mass is 9.81. The molecule has 184 valence electrons. The molecule has 2 aromatic carbocycles. The van der Waals surface area contributed by atoms with Gasteiger partial charge in [0, 0.05) is 13.1 Å². The molecule has 3 N–H and O–H groups in total. The van der Waals surface area contributed by atoms with Gasteiger partial charge in [0.05, 0.1) is 24.3 Å². The number of alkyl halides is 3. The molecule has 5 nitrogen and oxygen atoms in total. The standard InChI is InChI=1S/C26H31F3N2O3/c1-18(21-10-7-19(8-11-21)16-30-14-13-25(32)33)31-34-17-20-9-12-23(22-5-3-2-4-6-22)24(15-20)26(27,28)29/h7-12,15,22,30-31H,1-6,13-14,16-17H2,(H,32,33). The van der Waals surface area contributed by atoms with Gasteiger partial charge >= 0.3 is 12.1 Å². The second-order valence-corrected chi connectivity index (χ2v) is 8.64. The van der Waals surface area contributed by atoms with Gasteiger partial charge in [-0.1, -0.05) is 62.2 Å². The third kappa shape index (κ3) is 7.60. The average molecular weight is 477 g/mol. The van der Waals surface area contributed by atoms with Crippen LogP contribution in [-0.2, 0) is 29.0 Å². The van der Waals surface area contributed by atoms with Crippen molar-refractivity contribution in [2.45, 2.75) is 63.8 Å². The van der Waals surface area contributed by atoms with Crippen LogP contribution in [-0.4, -0.2) is 17.6 Å². The van der Waals surface area contributed by atoms with E-state index in [9.17, 15) is 18.0 Å². The highest BCUT2D eigenvalue weighted by molar-refractivity contribution is 5.66. The lowest BCUT2D eigenvalue weighted by Gasteiger charge is -2.25. The summed E-state index contributed by atoms with van der Waals surface area (Å²) in [7, 11) is 0. The quantitative estimate of drug-likeness (QED) is 0.274. The van der Waals surface area contributed by atoms with E-state index in [1.807, 2.05) is 24.3 Å². The first-order chi connectivity index (χ1) is 16.2. The first-order valence-corrected chi connectivity index (χ1v) is 11.5. The molecule has 0 radical (unpaired) electrons. The summed E-state index contributed by atoms with van der Waals surface area (Å²) < 4.78 is 41.2. The van der Waals surface area contributed by atoms with E-state index in [0.29, 0.717) is 29.9 Å². The van der Waals surface area contributed by atoms with E-state index in [1.54, 1.807) is 12.1 Å². The second-order valence-electron chi connectivity index (χ2n) is 8.64. The Morgan fingerprint density at radius 1 is 1.06 bits per heavy atom. The summed E-state index contributed by atoms with van der Waals surface area (Å²) in [5, 5.41) is 11.7. The maximum Gasteiger partial charge on any atom is 0.416 e. The molecule has 3 rings (SSSR count). The molecule has 0 unspecified atom stereocenters. The number of carbonyl (C=O) groups is 1. The van der Waals surface area contributed by atoms with Crippen molar-refractivity contribution in [2.24, 2.45) is 0 Å². The zero-order valence-corrected chi connectivity index (χ0v) is 19.1. The Morgan fingerprint density at radius 3 is 2.38 bits per heavy atom. The molecule has 0 aromatic heterocycles. The van der Waals surface area contributed by atoms with Crippen LogP contribution < -0.4 is 10.8 Å². The Kier molecular flexibility index (Phi) is 9.12. The minimum Gasteiger partial charge on any atom is -0.481 e. The van der Waals surface area contributed by atoms with Crippen LogP contribution in [0.5, 0.6) is 0 Å². The molecule has 0 heterocycles. The number of aliphatic carboxylic acids is 1. The maximum absolute atomic E-state index is 13.7. The fraction of sp³-hybridized carbons (Fsp3) is 0.423. The summed E-state index contributed by atoms with van der Waals surface area (Å²) in [6, 6.07) is 12.0. The monoisotopic (exact) mass is 476 g/mol. The van der Waals surface area contributed by atoms with Crippen molar-refractivity contribution in [1.29, 1.82) is 0 Å². The molecule has 1 saturated carbocycles. The normalized spacial score (nSPS) is 14.7. The molecule has 1 aliphatic carbocycles. The van der Waals surface area contributed by atoms with Gasteiger partial charge in [0.15, 0.2) is 0 Å². The molecule has 0 aliphatic heterocycles. The van der Waals surface area contributed by atoms with Crippen molar-refractivity contribution in [3.05, 3.63) is 76.9 Å². The molecule has 0 spiro atoms. The number of benzene rings is 2. The van der Waals surface area contributed by atoms with Gasteiger partial charge in [-0.05, 0) is 47.1 Å². The number of carboxylic acids is 1. The molecule has 0 atom stereocenters. The Labute approximate surface area is 198 Å². The molecular weight excluding hydrogens is 445 g/mol. The molecule has 0 amide bonds. The van der Waals surface area contributed by atoms with Crippen molar-refractivity contribution in [1.82, 2.24) is 10.8 Å². The van der Waals surface area contributed by atoms with Gasteiger partial charge in [0.2, 0.25) is 0 Å². The first-order valence-electron chi connectivity index (χ1n) is 11.5. The molecule has 1 aliphatic rings. The summed E-state index contributed by atoms with van der Waals surface area (Å²) >= 11 is 0. The van der Waals surface area contributed by atoms with E-state index in [1.165, 1.54) is 6.07 Å². The van der Waals surface area contributed by atoms with Crippen molar-refractivity contribution < 1.29 is 27.9 Å². The summed E-state index contributed by atoms with van der Waals surface area (Å²) in [6.07, 6.45) is 0.302. The number of nitrogens with one attached hydrogen (secondary N) is 2. The minimum atomic E-state index is -4.40. The van der Waals surface area contributed by atoms with Crippen LogP contribution in [0.15, 0.2) is 49.0 Å². The lowest BCUT2D eigenvalue weighted by molar-refractivity contribution is -0.139. The highest BCUT2D eigenvalue weighted by atomic mass is 19.4. The van der Waals surface area contributed by atoms with Gasteiger partial charge in [-0.2, -0.15) is 13.2 Å². The van der Waals surface area contributed by atoms with Crippen LogP contribution in [0.25, 0.3) is 5.70 Å². The maximum atomic E-state index is 13.7. The fourth-order valence-corrected chi connectivity index (χ4v) is 4.23. The largest absolute Gasteiger partial charge is 0.481 e.